The summed E-state index contributed by atoms with van der Waals surface area (Å²) >= 11 is 0. The zero-order chi connectivity index (χ0) is 13.2. The van der Waals surface area contributed by atoms with Crippen LogP contribution >= 0.6 is 0 Å². The van der Waals surface area contributed by atoms with E-state index >= 15 is 0 Å². The second-order valence-corrected chi connectivity index (χ2v) is 5.23. The molecule has 7 heteroatoms. The number of aryl methyl sites for hydroxylation is 1. The fourth-order valence-corrected chi connectivity index (χ4v) is 2.95. The van der Waals surface area contributed by atoms with E-state index < -0.39 is 0 Å². The number of nitrogens with two attached hydrogens (primary N) is 1. The molecule has 19 heavy (non-hydrogen) atoms. The Morgan fingerprint density at radius 2 is 2.47 bits per heavy atom. The Morgan fingerprint density at radius 3 is 3.26 bits per heavy atom. The van der Waals surface area contributed by atoms with Crippen molar-refractivity contribution in [3.05, 3.63) is 12.4 Å². The maximum absolute atomic E-state index is 11.9. The maximum Gasteiger partial charge on any atom is 0.222 e. The summed E-state index contributed by atoms with van der Waals surface area (Å²) in [4.78, 5) is 11.9. The van der Waals surface area contributed by atoms with Gasteiger partial charge >= 0.3 is 0 Å². The second kappa shape index (κ2) is 5.26. The number of rotatable bonds is 4. The first-order valence-corrected chi connectivity index (χ1v) is 6.76. The Hall–Kier alpha value is -1.47. The smallest absolute Gasteiger partial charge is 0.222 e. The third kappa shape index (κ3) is 2.48. The van der Waals surface area contributed by atoms with E-state index in [0.717, 1.165) is 19.4 Å². The molecule has 1 aliphatic carbocycles. The van der Waals surface area contributed by atoms with E-state index in [9.17, 15) is 4.79 Å². The number of carbonyl (C=O) groups is 1. The number of nitrogens with zero attached hydrogens (tertiary/aromatic N) is 3. The number of nitrogens with one attached hydrogen (secondary N) is 1. The zero-order valence-corrected chi connectivity index (χ0v) is 10.7. The molecule has 1 aromatic rings. The van der Waals surface area contributed by atoms with Gasteiger partial charge in [0.15, 0.2) is 0 Å². The minimum atomic E-state index is -0.0338. The third-order valence-corrected chi connectivity index (χ3v) is 4.04. The van der Waals surface area contributed by atoms with Crippen LogP contribution in [0.3, 0.4) is 0 Å². The highest BCUT2D eigenvalue weighted by molar-refractivity contribution is 5.76. The van der Waals surface area contributed by atoms with Crippen LogP contribution in [0.15, 0.2) is 12.4 Å². The standard InChI is InChI=1S/C12H19N5O2/c13-10-8-2-1-7-19-12(8)11(10)15-9(18)3-5-17-6-4-14-16-17/h4,6,8,10-12H,1-3,5,7,13H2,(H,15,18). The lowest BCUT2D eigenvalue weighted by Gasteiger charge is -2.52. The molecule has 1 aliphatic heterocycles. The summed E-state index contributed by atoms with van der Waals surface area (Å²) in [5, 5.41) is 10.5. The number of hydrogen-bond acceptors (Lipinski definition) is 5. The lowest BCUT2D eigenvalue weighted by Crippen LogP contribution is -2.72. The molecule has 0 radical (unpaired) electrons. The van der Waals surface area contributed by atoms with Gasteiger partial charge < -0.3 is 15.8 Å². The Labute approximate surface area is 111 Å². The van der Waals surface area contributed by atoms with E-state index in [2.05, 4.69) is 15.6 Å². The molecule has 2 aliphatic rings. The van der Waals surface area contributed by atoms with Gasteiger partial charge in [-0.15, -0.1) is 5.10 Å². The lowest BCUT2D eigenvalue weighted by molar-refractivity contribution is -0.139. The fourth-order valence-electron chi connectivity index (χ4n) is 2.95. The molecule has 3 rings (SSSR count). The summed E-state index contributed by atoms with van der Waals surface area (Å²) in [6.45, 7) is 1.31. The normalized spacial score (nSPS) is 33.3. The topological polar surface area (TPSA) is 95.1 Å². The van der Waals surface area contributed by atoms with E-state index in [1.165, 1.54) is 0 Å². The Morgan fingerprint density at radius 1 is 1.58 bits per heavy atom. The summed E-state index contributed by atoms with van der Waals surface area (Å²) in [7, 11) is 0. The maximum atomic E-state index is 11.9. The van der Waals surface area contributed by atoms with E-state index in [0.29, 0.717) is 18.9 Å². The van der Waals surface area contributed by atoms with Crippen LogP contribution in [-0.4, -0.2) is 45.7 Å². The molecule has 1 saturated carbocycles. The molecular weight excluding hydrogens is 246 g/mol. The van der Waals surface area contributed by atoms with Crippen molar-refractivity contribution in [1.82, 2.24) is 20.3 Å². The molecule has 7 nitrogen and oxygen atoms in total. The minimum absolute atomic E-state index is 0.0106. The number of amides is 1. The molecule has 104 valence electrons. The third-order valence-electron chi connectivity index (χ3n) is 4.04. The Kier molecular flexibility index (Phi) is 3.48. The van der Waals surface area contributed by atoms with Gasteiger partial charge in [0.25, 0.3) is 0 Å². The highest BCUT2D eigenvalue weighted by Gasteiger charge is 2.50. The molecule has 2 heterocycles. The van der Waals surface area contributed by atoms with E-state index in [1.54, 1.807) is 17.1 Å². The predicted molar refractivity (Wildman–Crippen MR) is 67.0 cm³/mol. The van der Waals surface area contributed by atoms with Gasteiger partial charge in [-0.05, 0) is 12.8 Å². The highest BCUT2D eigenvalue weighted by Crippen LogP contribution is 2.36. The number of ether oxygens (including phenoxy) is 1. The zero-order valence-electron chi connectivity index (χ0n) is 10.7. The van der Waals surface area contributed by atoms with Gasteiger partial charge in [0, 0.05) is 31.2 Å². The monoisotopic (exact) mass is 265 g/mol. The largest absolute Gasteiger partial charge is 0.376 e. The first-order chi connectivity index (χ1) is 9.25. The summed E-state index contributed by atoms with van der Waals surface area (Å²) in [5.74, 6) is 0.401. The first kappa shape index (κ1) is 12.6. The van der Waals surface area contributed by atoms with Crippen LogP contribution in [0.4, 0.5) is 0 Å². The molecule has 4 atom stereocenters. The lowest BCUT2D eigenvalue weighted by atomic mass is 9.68. The Balaban J connectivity index is 1.47. The molecular formula is C12H19N5O2. The predicted octanol–water partition coefficient (Wildman–Crippen LogP) is -0.711. The van der Waals surface area contributed by atoms with E-state index in [4.69, 9.17) is 10.5 Å². The molecule has 4 unspecified atom stereocenters. The average Bonchev–Trinajstić information content (AvgIpc) is 2.95. The van der Waals surface area contributed by atoms with Crippen LogP contribution < -0.4 is 11.1 Å². The molecule has 3 N–H and O–H groups in total. The van der Waals surface area contributed by atoms with E-state index in [1.807, 2.05) is 0 Å². The number of fused-ring (bicyclic) bond motifs is 1. The van der Waals surface area contributed by atoms with Crippen molar-refractivity contribution in [2.24, 2.45) is 11.7 Å². The van der Waals surface area contributed by atoms with Crippen LogP contribution in [0.1, 0.15) is 19.3 Å². The summed E-state index contributed by atoms with van der Waals surface area (Å²) in [5.41, 5.74) is 6.09. The minimum Gasteiger partial charge on any atom is -0.376 e. The van der Waals surface area contributed by atoms with Crippen molar-refractivity contribution in [2.45, 2.75) is 44.0 Å². The fraction of sp³-hybridized carbons (Fsp3) is 0.750. The van der Waals surface area contributed by atoms with Crippen molar-refractivity contribution in [3.63, 3.8) is 0 Å². The number of carbonyl (C=O) groups excluding carboxylic acids is 1. The van der Waals surface area contributed by atoms with Crippen LogP contribution in [0.5, 0.6) is 0 Å². The molecule has 1 aromatic heterocycles. The van der Waals surface area contributed by atoms with Crippen LogP contribution in [0, 0.1) is 5.92 Å². The van der Waals surface area contributed by atoms with E-state index in [-0.39, 0.29) is 24.1 Å². The quantitative estimate of drug-likeness (QED) is 0.750. The summed E-state index contributed by atoms with van der Waals surface area (Å²) in [6, 6.07) is -0.00540. The average molecular weight is 265 g/mol. The van der Waals surface area contributed by atoms with Gasteiger partial charge in [-0.3, -0.25) is 9.48 Å². The Bertz CT molecular complexity index is 435. The van der Waals surface area contributed by atoms with Crippen LogP contribution in [-0.2, 0) is 16.1 Å². The summed E-state index contributed by atoms with van der Waals surface area (Å²) in [6.07, 6.45) is 6.00. The second-order valence-electron chi connectivity index (χ2n) is 5.23. The van der Waals surface area contributed by atoms with Crippen LogP contribution in [0.25, 0.3) is 0 Å². The van der Waals surface area contributed by atoms with Crippen molar-refractivity contribution < 1.29 is 9.53 Å². The number of hydrogen-bond donors (Lipinski definition) is 2. The molecule has 0 spiro atoms. The number of aromatic nitrogens is 3. The molecule has 1 amide bonds. The van der Waals surface area contributed by atoms with Gasteiger partial charge in [-0.1, -0.05) is 5.21 Å². The van der Waals surface area contributed by atoms with Gasteiger partial charge in [0.05, 0.1) is 24.9 Å². The van der Waals surface area contributed by atoms with Gasteiger partial charge in [0.1, 0.15) is 0 Å². The molecule has 0 aromatic carbocycles. The molecule has 2 fully saturated rings. The van der Waals surface area contributed by atoms with Crippen molar-refractivity contribution in [2.75, 3.05) is 6.61 Å². The van der Waals surface area contributed by atoms with Gasteiger partial charge in [0.2, 0.25) is 5.91 Å². The highest BCUT2D eigenvalue weighted by atomic mass is 16.5. The SMILES string of the molecule is NC1C2CCCOC2C1NC(=O)CCn1ccnn1. The molecule has 0 bridgehead atoms. The first-order valence-electron chi connectivity index (χ1n) is 6.76. The van der Waals surface area contributed by atoms with Crippen molar-refractivity contribution in [3.8, 4) is 0 Å². The van der Waals surface area contributed by atoms with Gasteiger partial charge in [-0.25, -0.2) is 0 Å². The van der Waals surface area contributed by atoms with Gasteiger partial charge in [-0.2, -0.15) is 0 Å². The van der Waals surface area contributed by atoms with Crippen molar-refractivity contribution in [1.29, 1.82) is 0 Å². The molecule has 1 saturated heterocycles. The van der Waals surface area contributed by atoms with Crippen molar-refractivity contribution >= 4 is 5.91 Å². The summed E-state index contributed by atoms with van der Waals surface area (Å²) < 4.78 is 7.33. The van der Waals surface area contributed by atoms with Crippen LogP contribution in [0.2, 0.25) is 0 Å².